The first-order valence-corrected chi connectivity index (χ1v) is 6.13. The van der Waals surface area contributed by atoms with Gasteiger partial charge >= 0.3 is 0 Å². The Morgan fingerprint density at radius 2 is 2.22 bits per heavy atom. The van der Waals surface area contributed by atoms with Crippen LogP contribution >= 0.6 is 0 Å². The predicted molar refractivity (Wildman–Crippen MR) is 66.5 cm³/mol. The Kier molecular flexibility index (Phi) is 2.72. The number of amides is 1. The van der Waals surface area contributed by atoms with Gasteiger partial charge in [0.15, 0.2) is 5.60 Å². The molecule has 1 spiro atoms. The maximum absolute atomic E-state index is 12.1. The molecule has 1 aromatic rings. The van der Waals surface area contributed by atoms with Crippen LogP contribution in [-0.4, -0.2) is 30.8 Å². The third-order valence-electron chi connectivity index (χ3n) is 3.54. The van der Waals surface area contributed by atoms with Crippen LogP contribution < -0.4 is 15.8 Å². The van der Waals surface area contributed by atoms with E-state index in [-0.39, 0.29) is 5.91 Å². The van der Waals surface area contributed by atoms with Crippen molar-refractivity contribution in [3.05, 3.63) is 24.3 Å². The molecule has 2 heterocycles. The van der Waals surface area contributed by atoms with Crippen LogP contribution in [0.1, 0.15) is 12.8 Å². The highest BCUT2D eigenvalue weighted by Gasteiger charge is 2.47. The number of carbonyl (C=O) groups excluding carboxylic acids is 1. The predicted octanol–water partition coefficient (Wildman–Crippen LogP) is 0.894. The SMILES string of the molecule is NC1C(=O)Nc2ccccc2OC12CCCOC2. The lowest BCUT2D eigenvalue weighted by Gasteiger charge is -2.39. The zero-order valence-corrected chi connectivity index (χ0v) is 10.0. The molecule has 2 atom stereocenters. The molecule has 0 radical (unpaired) electrons. The second-order valence-electron chi connectivity index (χ2n) is 4.79. The molecule has 1 saturated heterocycles. The minimum absolute atomic E-state index is 0.217. The van der Waals surface area contributed by atoms with E-state index in [0.29, 0.717) is 24.7 Å². The van der Waals surface area contributed by atoms with Gasteiger partial charge in [-0.15, -0.1) is 0 Å². The highest BCUT2D eigenvalue weighted by Crippen LogP contribution is 2.36. The van der Waals surface area contributed by atoms with Crippen LogP contribution in [0.25, 0.3) is 0 Å². The number of rotatable bonds is 0. The fourth-order valence-corrected chi connectivity index (χ4v) is 2.51. The smallest absolute Gasteiger partial charge is 0.245 e. The number of para-hydroxylation sites is 2. The van der Waals surface area contributed by atoms with Gasteiger partial charge in [0.25, 0.3) is 0 Å². The number of anilines is 1. The van der Waals surface area contributed by atoms with E-state index in [1.807, 2.05) is 24.3 Å². The first-order valence-electron chi connectivity index (χ1n) is 6.13. The van der Waals surface area contributed by atoms with Crippen LogP contribution in [0.2, 0.25) is 0 Å². The number of carbonyl (C=O) groups is 1. The monoisotopic (exact) mass is 248 g/mol. The van der Waals surface area contributed by atoms with Crippen LogP contribution in [0.4, 0.5) is 5.69 Å². The Morgan fingerprint density at radius 3 is 3.00 bits per heavy atom. The van der Waals surface area contributed by atoms with Crippen molar-refractivity contribution < 1.29 is 14.3 Å². The summed E-state index contributed by atoms with van der Waals surface area (Å²) in [5, 5.41) is 2.80. The zero-order valence-electron chi connectivity index (χ0n) is 10.0. The van der Waals surface area contributed by atoms with Gasteiger partial charge in [-0.05, 0) is 25.0 Å². The van der Waals surface area contributed by atoms with Crippen molar-refractivity contribution in [1.82, 2.24) is 0 Å². The summed E-state index contributed by atoms with van der Waals surface area (Å²) >= 11 is 0. The largest absolute Gasteiger partial charge is 0.480 e. The van der Waals surface area contributed by atoms with E-state index < -0.39 is 11.6 Å². The molecule has 5 nitrogen and oxygen atoms in total. The second-order valence-corrected chi connectivity index (χ2v) is 4.79. The Bertz CT molecular complexity index is 469. The summed E-state index contributed by atoms with van der Waals surface area (Å²) in [6.07, 6.45) is 1.58. The van der Waals surface area contributed by atoms with E-state index >= 15 is 0 Å². The van der Waals surface area contributed by atoms with Crippen molar-refractivity contribution in [2.45, 2.75) is 24.5 Å². The summed E-state index contributed by atoms with van der Waals surface area (Å²) in [6, 6.07) is 6.65. The minimum atomic E-state index is -0.741. The third kappa shape index (κ3) is 1.76. The number of hydrogen-bond donors (Lipinski definition) is 2. The Hall–Kier alpha value is -1.59. The Balaban J connectivity index is 2.02. The van der Waals surface area contributed by atoms with Gasteiger partial charge in [-0.25, -0.2) is 0 Å². The van der Waals surface area contributed by atoms with Crippen molar-refractivity contribution in [1.29, 1.82) is 0 Å². The van der Waals surface area contributed by atoms with Gasteiger partial charge in [-0.3, -0.25) is 4.79 Å². The molecule has 2 unspecified atom stereocenters. The minimum Gasteiger partial charge on any atom is -0.480 e. The van der Waals surface area contributed by atoms with Crippen LogP contribution in [0.5, 0.6) is 5.75 Å². The fraction of sp³-hybridized carbons (Fsp3) is 0.462. The van der Waals surface area contributed by atoms with Gasteiger partial charge in [0, 0.05) is 6.61 Å². The van der Waals surface area contributed by atoms with Crippen LogP contribution in [0.15, 0.2) is 24.3 Å². The van der Waals surface area contributed by atoms with E-state index in [2.05, 4.69) is 5.32 Å². The van der Waals surface area contributed by atoms with Crippen molar-refractivity contribution in [2.24, 2.45) is 5.73 Å². The number of nitrogens with two attached hydrogens (primary N) is 1. The summed E-state index contributed by atoms with van der Waals surface area (Å²) in [4.78, 5) is 12.1. The lowest BCUT2D eigenvalue weighted by molar-refractivity contribution is -0.129. The van der Waals surface area contributed by atoms with Crippen LogP contribution in [0, 0.1) is 0 Å². The summed E-state index contributed by atoms with van der Waals surface area (Å²) in [5.41, 5.74) is 5.98. The molecule has 2 aliphatic rings. The normalized spacial score (nSPS) is 31.2. The molecule has 1 amide bonds. The molecule has 0 aliphatic carbocycles. The first-order chi connectivity index (χ1) is 8.71. The van der Waals surface area contributed by atoms with Crippen molar-refractivity contribution in [2.75, 3.05) is 18.5 Å². The van der Waals surface area contributed by atoms with Crippen LogP contribution in [0.3, 0.4) is 0 Å². The Morgan fingerprint density at radius 1 is 1.39 bits per heavy atom. The standard InChI is InChI=1S/C13H16N2O3/c14-11-12(16)15-9-4-1-2-5-10(9)18-13(11)6-3-7-17-8-13/h1-2,4-5,11H,3,6-8,14H2,(H,15,16). The number of hydrogen-bond acceptors (Lipinski definition) is 4. The number of benzene rings is 1. The topological polar surface area (TPSA) is 73.6 Å². The molecule has 3 rings (SSSR count). The molecule has 3 N–H and O–H groups in total. The van der Waals surface area contributed by atoms with Crippen molar-refractivity contribution in [3.8, 4) is 5.75 Å². The van der Waals surface area contributed by atoms with Gasteiger partial charge in [-0.1, -0.05) is 12.1 Å². The zero-order chi connectivity index (χ0) is 12.6. The van der Waals surface area contributed by atoms with E-state index in [1.54, 1.807) is 0 Å². The highest BCUT2D eigenvalue weighted by atomic mass is 16.5. The average molecular weight is 248 g/mol. The highest BCUT2D eigenvalue weighted by molar-refractivity contribution is 5.97. The maximum Gasteiger partial charge on any atom is 0.245 e. The quantitative estimate of drug-likeness (QED) is 0.715. The van der Waals surface area contributed by atoms with Gasteiger partial charge in [-0.2, -0.15) is 0 Å². The van der Waals surface area contributed by atoms with Crippen LogP contribution in [-0.2, 0) is 9.53 Å². The summed E-state index contributed by atoms with van der Waals surface area (Å²) in [5.74, 6) is 0.440. The van der Waals surface area contributed by atoms with E-state index in [0.717, 1.165) is 12.8 Å². The molecule has 1 aromatic carbocycles. The molecule has 0 saturated carbocycles. The first kappa shape index (κ1) is 11.5. The average Bonchev–Trinajstić information content (AvgIpc) is 2.49. The number of fused-ring (bicyclic) bond motifs is 1. The molecule has 5 heteroatoms. The lowest BCUT2D eigenvalue weighted by Crippen LogP contribution is -2.61. The van der Waals surface area contributed by atoms with E-state index in [1.165, 1.54) is 0 Å². The third-order valence-corrected chi connectivity index (χ3v) is 3.54. The molecular weight excluding hydrogens is 232 g/mol. The molecule has 2 aliphatic heterocycles. The maximum atomic E-state index is 12.1. The Labute approximate surface area is 105 Å². The molecule has 0 bridgehead atoms. The fourth-order valence-electron chi connectivity index (χ4n) is 2.51. The van der Waals surface area contributed by atoms with Crippen molar-refractivity contribution in [3.63, 3.8) is 0 Å². The van der Waals surface area contributed by atoms with Gasteiger partial charge in [0.1, 0.15) is 11.8 Å². The molecule has 18 heavy (non-hydrogen) atoms. The second kappa shape index (κ2) is 4.26. The van der Waals surface area contributed by atoms with Crippen molar-refractivity contribution >= 4 is 11.6 Å². The number of ether oxygens (including phenoxy) is 2. The van der Waals surface area contributed by atoms with E-state index in [4.69, 9.17) is 15.2 Å². The summed E-state index contributed by atoms with van der Waals surface area (Å²) < 4.78 is 11.5. The molecule has 1 fully saturated rings. The molecule has 0 aromatic heterocycles. The van der Waals surface area contributed by atoms with E-state index in [9.17, 15) is 4.79 Å². The molecule has 96 valence electrons. The number of nitrogens with one attached hydrogen (secondary N) is 1. The van der Waals surface area contributed by atoms with Gasteiger partial charge in [0.2, 0.25) is 5.91 Å². The lowest BCUT2D eigenvalue weighted by atomic mass is 9.88. The molecular formula is C13H16N2O3. The van der Waals surface area contributed by atoms with Gasteiger partial charge in [0.05, 0.1) is 12.3 Å². The summed E-state index contributed by atoms with van der Waals surface area (Å²) in [6.45, 7) is 1.05. The van der Waals surface area contributed by atoms with Gasteiger partial charge < -0.3 is 20.5 Å². The summed E-state index contributed by atoms with van der Waals surface area (Å²) in [7, 11) is 0.